The van der Waals surface area contributed by atoms with Gasteiger partial charge in [-0.25, -0.2) is 0 Å². The topological polar surface area (TPSA) is 64.4 Å². The summed E-state index contributed by atoms with van der Waals surface area (Å²) in [6.45, 7) is 6.73. The van der Waals surface area contributed by atoms with Gasteiger partial charge in [0.1, 0.15) is 0 Å². The minimum atomic E-state index is -4.40. The van der Waals surface area contributed by atoms with Crippen molar-refractivity contribution in [2.24, 2.45) is 11.1 Å². The molecule has 7 heteroatoms. The smallest absolute Gasteiger partial charge is 0.381 e. The molecule has 1 saturated heterocycles. The van der Waals surface area contributed by atoms with E-state index in [4.69, 9.17) is 10.5 Å². The monoisotopic (exact) mass is 372 g/mol. The zero-order valence-corrected chi connectivity index (χ0v) is 15.5. The minimum absolute atomic E-state index is 0.236. The van der Waals surface area contributed by atoms with Crippen molar-refractivity contribution in [1.29, 1.82) is 0 Å². The number of nitrogens with two attached hydrogens (primary N) is 1. The van der Waals surface area contributed by atoms with Crippen molar-refractivity contribution >= 4 is 5.91 Å². The first-order valence-electron chi connectivity index (χ1n) is 8.74. The van der Waals surface area contributed by atoms with Crippen molar-refractivity contribution in [3.8, 4) is 0 Å². The summed E-state index contributed by atoms with van der Waals surface area (Å²) in [6.07, 6.45) is -3.32. The summed E-state index contributed by atoms with van der Waals surface area (Å²) in [6, 6.07) is 4.65. The number of hydrogen-bond donors (Lipinski definition) is 2. The maximum absolute atomic E-state index is 13.1. The zero-order chi connectivity index (χ0) is 19.6. The quantitative estimate of drug-likeness (QED) is 0.853. The highest BCUT2D eigenvalue weighted by molar-refractivity contribution is 5.82. The van der Waals surface area contributed by atoms with Gasteiger partial charge in [0.25, 0.3) is 0 Å². The predicted octanol–water partition coefficient (Wildman–Crippen LogP) is 3.24. The number of carbonyl (C=O) groups is 1. The molecule has 26 heavy (non-hydrogen) atoms. The Hall–Kier alpha value is -1.60. The maximum Gasteiger partial charge on any atom is 0.416 e. The van der Waals surface area contributed by atoms with E-state index in [1.54, 1.807) is 6.07 Å². The summed E-state index contributed by atoms with van der Waals surface area (Å²) in [5, 5.41) is 2.86. The number of halogens is 3. The van der Waals surface area contributed by atoms with Crippen LogP contribution >= 0.6 is 0 Å². The van der Waals surface area contributed by atoms with Crippen LogP contribution in [-0.4, -0.2) is 31.7 Å². The van der Waals surface area contributed by atoms with E-state index in [0.717, 1.165) is 6.07 Å². The summed E-state index contributed by atoms with van der Waals surface area (Å²) >= 11 is 0. The SMILES string of the molecule is CC(C)(C)[C@H](N)C(=O)NCC1(c2cccc(C(F)(F)F)c2)CCOCC1. The minimum Gasteiger partial charge on any atom is -0.381 e. The second-order valence-electron chi connectivity index (χ2n) is 8.03. The van der Waals surface area contributed by atoms with Gasteiger partial charge < -0.3 is 15.8 Å². The Morgan fingerprint density at radius 2 is 1.88 bits per heavy atom. The van der Waals surface area contributed by atoms with Gasteiger partial charge in [-0.3, -0.25) is 4.79 Å². The Balaban J connectivity index is 2.25. The van der Waals surface area contributed by atoms with Gasteiger partial charge in [-0.1, -0.05) is 39.0 Å². The average molecular weight is 372 g/mol. The Labute approximate surface area is 152 Å². The normalized spacial score (nSPS) is 19.0. The van der Waals surface area contributed by atoms with Crippen LogP contribution in [-0.2, 0) is 21.1 Å². The van der Waals surface area contributed by atoms with Gasteiger partial charge >= 0.3 is 6.18 Å². The van der Waals surface area contributed by atoms with E-state index >= 15 is 0 Å². The average Bonchev–Trinajstić information content (AvgIpc) is 2.58. The lowest BCUT2D eigenvalue weighted by Gasteiger charge is -2.39. The highest BCUT2D eigenvalue weighted by Gasteiger charge is 2.38. The molecule has 0 saturated carbocycles. The molecular formula is C19H27F3N2O2. The first-order valence-corrected chi connectivity index (χ1v) is 8.74. The van der Waals surface area contributed by atoms with Crippen molar-refractivity contribution in [3.05, 3.63) is 35.4 Å². The number of benzene rings is 1. The number of nitrogens with one attached hydrogen (secondary N) is 1. The molecule has 2 rings (SSSR count). The van der Waals surface area contributed by atoms with Crippen LogP contribution in [0.1, 0.15) is 44.7 Å². The molecule has 1 aromatic rings. The molecule has 1 aliphatic rings. The Bertz CT molecular complexity index is 632. The van der Waals surface area contributed by atoms with E-state index in [0.29, 0.717) is 31.6 Å². The largest absolute Gasteiger partial charge is 0.416 e. The van der Waals surface area contributed by atoms with Gasteiger partial charge in [0.2, 0.25) is 5.91 Å². The number of amides is 1. The molecule has 3 N–H and O–H groups in total. The Morgan fingerprint density at radius 3 is 2.42 bits per heavy atom. The second-order valence-corrected chi connectivity index (χ2v) is 8.03. The molecule has 0 unspecified atom stereocenters. The highest BCUT2D eigenvalue weighted by Crippen LogP contribution is 2.38. The van der Waals surface area contributed by atoms with Crippen molar-refractivity contribution < 1.29 is 22.7 Å². The summed E-state index contributed by atoms with van der Waals surface area (Å²) < 4.78 is 44.7. The fourth-order valence-corrected chi connectivity index (χ4v) is 3.11. The lowest BCUT2D eigenvalue weighted by Crippen LogP contribution is -2.52. The van der Waals surface area contributed by atoms with E-state index in [-0.39, 0.29) is 12.5 Å². The molecule has 4 nitrogen and oxygen atoms in total. The molecule has 0 spiro atoms. The van der Waals surface area contributed by atoms with Gasteiger partial charge in [-0.05, 0) is 29.9 Å². The molecule has 0 aromatic heterocycles. The van der Waals surface area contributed by atoms with Gasteiger partial charge in [-0.2, -0.15) is 13.2 Å². The van der Waals surface area contributed by atoms with Crippen LogP contribution in [0.2, 0.25) is 0 Å². The van der Waals surface area contributed by atoms with Crippen LogP contribution in [0, 0.1) is 5.41 Å². The van der Waals surface area contributed by atoms with Crippen molar-refractivity contribution in [1.82, 2.24) is 5.32 Å². The molecule has 146 valence electrons. The molecule has 1 fully saturated rings. The van der Waals surface area contributed by atoms with Crippen molar-refractivity contribution in [3.63, 3.8) is 0 Å². The van der Waals surface area contributed by atoms with Gasteiger partial charge in [-0.15, -0.1) is 0 Å². The third-order valence-corrected chi connectivity index (χ3v) is 5.07. The first-order chi connectivity index (χ1) is 12.0. The number of carbonyl (C=O) groups excluding carboxylic acids is 1. The molecular weight excluding hydrogens is 345 g/mol. The van der Waals surface area contributed by atoms with Gasteiger partial charge in [0.15, 0.2) is 0 Å². The highest BCUT2D eigenvalue weighted by atomic mass is 19.4. The van der Waals surface area contributed by atoms with Crippen molar-refractivity contribution in [2.45, 2.75) is 51.2 Å². The lowest BCUT2D eigenvalue weighted by molar-refractivity contribution is -0.137. The summed E-state index contributed by atoms with van der Waals surface area (Å²) in [5.74, 6) is -0.296. The van der Waals surface area contributed by atoms with Crippen LogP contribution in [0.3, 0.4) is 0 Å². The maximum atomic E-state index is 13.1. The predicted molar refractivity (Wildman–Crippen MR) is 93.6 cm³/mol. The van der Waals surface area contributed by atoms with E-state index < -0.39 is 28.6 Å². The van der Waals surface area contributed by atoms with Crippen molar-refractivity contribution in [2.75, 3.05) is 19.8 Å². The number of alkyl halides is 3. The van der Waals surface area contributed by atoms with Gasteiger partial charge in [0.05, 0.1) is 11.6 Å². The fourth-order valence-electron chi connectivity index (χ4n) is 3.11. The second kappa shape index (κ2) is 7.56. The molecule has 1 atom stereocenters. The lowest BCUT2D eigenvalue weighted by atomic mass is 9.73. The zero-order valence-electron chi connectivity index (χ0n) is 15.5. The van der Waals surface area contributed by atoms with E-state index in [1.165, 1.54) is 12.1 Å². The molecule has 1 aliphatic heterocycles. The summed E-state index contributed by atoms with van der Waals surface area (Å²) in [5.41, 5.74) is 4.89. The molecule has 0 bridgehead atoms. The Morgan fingerprint density at radius 1 is 1.27 bits per heavy atom. The summed E-state index contributed by atoms with van der Waals surface area (Å²) in [4.78, 5) is 12.4. The van der Waals surface area contributed by atoms with Crippen LogP contribution in [0.4, 0.5) is 13.2 Å². The van der Waals surface area contributed by atoms with Crippen LogP contribution in [0.25, 0.3) is 0 Å². The molecule has 1 amide bonds. The molecule has 0 aliphatic carbocycles. The third-order valence-electron chi connectivity index (χ3n) is 5.07. The standard InChI is InChI=1S/C19H27F3N2O2/c1-17(2,3)15(23)16(25)24-12-18(7-9-26-10-8-18)13-5-4-6-14(11-13)19(20,21)22/h4-6,11,15H,7-10,12,23H2,1-3H3,(H,24,25)/t15-/m1/s1. The Kier molecular flexibility index (Phi) is 6.02. The van der Waals surface area contributed by atoms with Crippen LogP contribution in [0.15, 0.2) is 24.3 Å². The van der Waals surface area contributed by atoms with Crippen LogP contribution < -0.4 is 11.1 Å². The van der Waals surface area contributed by atoms with E-state index in [1.807, 2.05) is 20.8 Å². The number of hydrogen-bond acceptors (Lipinski definition) is 3. The molecule has 1 aromatic carbocycles. The van der Waals surface area contributed by atoms with Gasteiger partial charge in [0, 0.05) is 25.2 Å². The summed E-state index contributed by atoms with van der Waals surface area (Å²) in [7, 11) is 0. The first kappa shape index (κ1) is 20.7. The third kappa shape index (κ3) is 4.76. The molecule has 0 radical (unpaired) electrons. The molecule has 1 heterocycles. The van der Waals surface area contributed by atoms with E-state index in [2.05, 4.69) is 5.32 Å². The fraction of sp³-hybridized carbons (Fsp3) is 0.632. The number of rotatable bonds is 4. The number of ether oxygens (including phenoxy) is 1. The van der Waals surface area contributed by atoms with Crippen LogP contribution in [0.5, 0.6) is 0 Å². The van der Waals surface area contributed by atoms with E-state index in [9.17, 15) is 18.0 Å².